The van der Waals surface area contributed by atoms with Gasteiger partial charge in [-0.2, -0.15) is 5.26 Å². The Morgan fingerprint density at radius 2 is 2.19 bits per heavy atom. The van der Waals surface area contributed by atoms with E-state index in [4.69, 9.17) is 15.2 Å². The summed E-state index contributed by atoms with van der Waals surface area (Å²) in [5.41, 5.74) is 8.95. The molecule has 1 aromatic rings. The van der Waals surface area contributed by atoms with E-state index in [1.165, 1.54) is 11.8 Å². The second kappa shape index (κ2) is 7.37. The maximum atomic E-state index is 12.7. The molecule has 0 aliphatic carbocycles. The first-order valence-corrected chi connectivity index (χ1v) is 9.22. The van der Waals surface area contributed by atoms with Gasteiger partial charge in [0.05, 0.1) is 31.0 Å². The van der Waals surface area contributed by atoms with Gasteiger partial charge in [-0.3, -0.25) is 4.90 Å². The number of hydrogen-bond donors (Lipinski definition) is 1. The predicted molar refractivity (Wildman–Crippen MR) is 103 cm³/mol. The lowest BCUT2D eigenvalue weighted by atomic mass is 9.93. The molecule has 2 heterocycles. The molecule has 7 nitrogen and oxygen atoms in total. The Labute approximate surface area is 162 Å². The molecule has 0 bridgehead atoms. The highest BCUT2D eigenvalue weighted by atomic mass is 32.2. The van der Waals surface area contributed by atoms with Crippen LogP contribution in [0.25, 0.3) is 0 Å². The number of esters is 1. The molecular formula is C19H20N4O3S. The largest absolute Gasteiger partial charge is 0.496 e. The van der Waals surface area contributed by atoms with Crippen molar-refractivity contribution in [1.82, 2.24) is 4.90 Å². The van der Waals surface area contributed by atoms with Crippen LogP contribution in [0.4, 0.5) is 0 Å². The first kappa shape index (κ1) is 18.9. The Bertz CT molecular complexity index is 943. The fourth-order valence-corrected chi connectivity index (χ4v) is 4.05. The van der Waals surface area contributed by atoms with E-state index in [1.807, 2.05) is 25.1 Å². The van der Waals surface area contributed by atoms with Gasteiger partial charge in [-0.25, -0.2) is 9.79 Å². The molecule has 0 spiro atoms. The van der Waals surface area contributed by atoms with Crippen LogP contribution in [0.1, 0.15) is 31.0 Å². The van der Waals surface area contributed by atoms with Crippen molar-refractivity contribution in [3.05, 3.63) is 51.3 Å². The second-order valence-electron chi connectivity index (χ2n) is 6.04. The Morgan fingerprint density at radius 1 is 1.44 bits per heavy atom. The number of methoxy groups -OCH3 is 1. The highest BCUT2D eigenvalue weighted by Crippen LogP contribution is 2.46. The van der Waals surface area contributed by atoms with Gasteiger partial charge in [0.15, 0.2) is 5.17 Å². The molecule has 2 N–H and O–H groups in total. The Kier molecular flexibility index (Phi) is 5.15. The van der Waals surface area contributed by atoms with Gasteiger partial charge in [0, 0.05) is 0 Å². The molecule has 2 aliphatic rings. The first-order chi connectivity index (χ1) is 12.9. The second-order valence-corrected chi connectivity index (χ2v) is 7.02. The minimum Gasteiger partial charge on any atom is -0.496 e. The molecule has 27 heavy (non-hydrogen) atoms. The average Bonchev–Trinajstić information content (AvgIpc) is 2.96. The number of aliphatic imine (C=N–C) groups is 1. The van der Waals surface area contributed by atoms with Crippen LogP contribution in [0.2, 0.25) is 0 Å². The van der Waals surface area contributed by atoms with E-state index in [1.54, 1.807) is 25.9 Å². The molecule has 140 valence electrons. The summed E-state index contributed by atoms with van der Waals surface area (Å²) in [4.78, 5) is 19.3. The van der Waals surface area contributed by atoms with Gasteiger partial charge in [-0.05, 0) is 49.7 Å². The number of nitrogens with two attached hydrogens (primary N) is 1. The number of nitrogens with zero attached hydrogens (tertiary/aromatic N) is 3. The third-order valence-electron chi connectivity index (χ3n) is 4.42. The number of nitriles is 1. The summed E-state index contributed by atoms with van der Waals surface area (Å²) in [5.74, 6) is 0.526. The molecule has 1 aromatic carbocycles. The third-order valence-corrected chi connectivity index (χ3v) is 5.40. The number of carbonyl (C=O) groups is 1. The van der Waals surface area contributed by atoms with Crippen molar-refractivity contribution in [1.29, 1.82) is 5.26 Å². The Hall–Kier alpha value is -2.92. The first-order valence-electron chi connectivity index (χ1n) is 8.40. The lowest BCUT2D eigenvalue weighted by Gasteiger charge is -2.35. The van der Waals surface area contributed by atoms with Crippen LogP contribution in [-0.2, 0) is 9.53 Å². The average molecular weight is 384 g/mol. The molecular weight excluding hydrogens is 364 g/mol. The van der Waals surface area contributed by atoms with Crippen molar-refractivity contribution in [3.63, 3.8) is 0 Å². The smallest absolute Gasteiger partial charge is 0.338 e. The quantitative estimate of drug-likeness (QED) is 0.796. The van der Waals surface area contributed by atoms with Gasteiger partial charge in [0.25, 0.3) is 0 Å². The number of thioether (sulfide) groups is 1. The lowest BCUT2D eigenvalue weighted by molar-refractivity contribution is -0.139. The molecule has 0 aromatic heterocycles. The van der Waals surface area contributed by atoms with Crippen molar-refractivity contribution in [3.8, 4) is 11.8 Å². The Morgan fingerprint density at radius 3 is 2.81 bits per heavy atom. The zero-order valence-corrected chi connectivity index (χ0v) is 16.4. The summed E-state index contributed by atoms with van der Waals surface area (Å²) in [6.45, 7) is 5.70. The minimum absolute atomic E-state index is 0.250. The van der Waals surface area contributed by atoms with E-state index in [9.17, 15) is 10.1 Å². The van der Waals surface area contributed by atoms with Gasteiger partial charge >= 0.3 is 5.97 Å². The maximum Gasteiger partial charge on any atom is 0.338 e. The van der Waals surface area contributed by atoms with E-state index in [-0.39, 0.29) is 12.4 Å². The molecule has 0 saturated carbocycles. The van der Waals surface area contributed by atoms with E-state index < -0.39 is 12.0 Å². The molecule has 0 fully saturated rings. The van der Waals surface area contributed by atoms with E-state index in [2.05, 4.69) is 11.1 Å². The van der Waals surface area contributed by atoms with Gasteiger partial charge in [0.1, 0.15) is 22.5 Å². The van der Waals surface area contributed by atoms with Crippen molar-refractivity contribution in [2.45, 2.75) is 26.8 Å². The number of fused-ring (bicyclic) bond motifs is 1. The lowest BCUT2D eigenvalue weighted by Crippen LogP contribution is -2.38. The van der Waals surface area contributed by atoms with Gasteiger partial charge in [0.2, 0.25) is 0 Å². The van der Waals surface area contributed by atoms with E-state index >= 15 is 0 Å². The van der Waals surface area contributed by atoms with Crippen LogP contribution in [0, 0.1) is 18.3 Å². The number of rotatable bonds is 4. The SMILES string of the molecule is CCOC(=O)C1=C(C)N=C2SC(C#N)=C(N)N2[C@@H]1c1ccc(C)c(OC)c1. The van der Waals surface area contributed by atoms with Crippen molar-refractivity contribution >= 4 is 22.9 Å². The Balaban J connectivity index is 2.21. The van der Waals surface area contributed by atoms with Crippen LogP contribution in [-0.4, -0.2) is 29.8 Å². The fraction of sp³-hybridized carbons (Fsp3) is 0.316. The van der Waals surface area contributed by atoms with Crippen LogP contribution in [0.5, 0.6) is 5.75 Å². The van der Waals surface area contributed by atoms with Crippen molar-refractivity contribution in [2.75, 3.05) is 13.7 Å². The monoisotopic (exact) mass is 384 g/mol. The number of amidine groups is 1. The molecule has 0 saturated heterocycles. The zero-order chi connectivity index (χ0) is 19.7. The molecule has 2 aliphatic heterocycles. The summed E-state index contributed by atoms with van der Waals surface area (Å²) >= 11 is 1.20. The van der Waals surface area contributed by atoms with Gasteiger partial charge < -0.3 is 15.2 Å². The van der Waals surface area contributed by atoms with Crippen molar-refractivity contribution < 1.29 is 14.3 Å². The number of benzene rings is 1. The molecule has 1 atom stereocenters. The van der Waals surface area contributed by atoms with Crippen LogP contribution < -0.4 is 10.5 Å². The normalized spacial score (nSPS) is 18.9. The van der Waals surface area contributed by atoms with Crippen LogP contribution >= 0.6 is 11.8 Å². The molecule has 3 rings (SSSR count). The summed E-state index contributed by atoms with van der Waals surface area (Å²) < 4.78 is 10.7. The highest BCUT2D eigenvalue weighted by molar-refractivity contribution is 8.17. The summed E-state index contributed by atoms with van der Waals surface area (Å²) in [6.07, 6.45) is 0. The summed E-state index contributed by atoms with van der Waals surface area (Å²) in [5, 5.41) is 9.94. The minimum atomic E-state index is -0.551. The van der Waals surface area contributed by atoms with Gasteiger partial charge in [-0.1, -0.05) is 12.1 Å². The standard InChI is InChI=1S/C19H20N4O3S/c1-5-26-18(24)15-11(3)22-19-23(17(21)14(9-20)27-19)16(15)12-7-6-10(2)13(8-12)25-4/h6-8,16H,5,21H2,1-4H3/t16-/m1/s1. The van der Waals surface area contributed by atoms with E-state index in [0.717, 1.165) is 11.1 Å². The fourth-order valence-electron chi connectivity index (χ4n) is 3.13. The number of allylic oxidation sites excluding steroid dienone is 2. The highest BCUT2D eigenvalue weighted by Gasteiger charge is 2.42. The molecule has 0 amide bonds. The van der Waals surface area contributed by atoms with Gasteiger partial charge in [-0.15, -0.1) is 0 Å². The molecule has 0 radical (unpaired) electrons. The number of ether oxygens (including phenoxy) is 2. The zero-order valence-electron chi connectivity index (χ0n) is 15.6. The predicted octanol–water partition coefficient (Wildman–Crippen LogP) is 2.95. The van der Waals surface area contributed by atoms with Crippen LogP contribution in [0.15, 0.2) is 45.2 Å². The topological polar surface area (TPSA) is 101 Å². The number of aryl methyl sites for hydroxylation is 1. The van der Waals surface area contributed by atoms with Crippen molar-refractivity contribution in [2.24, 2.45) is 10.7 Å². The van der Waals surface area contributed by atoms with Crippen LogP contribution in [0.3, 0.4) is 0 Å². The maximum absolute atomic E-state index is 12.7. The number of hydrogen-bond acceptors (Lipinski definition) is 8. The summed E-state index contributed by atoms with van der Waals surface area (Å²) in [6, 6.07) is 7.25. The summed E-state index contributed by atoms with van der Waals surface area (Å²) in [7, 11) is 1.60. The number of carbonyl (C=O) groups excluding carboxylic acids is 1. The molecule has 0 unspecified atom stereocenters. The van der Waals surface area contributed by atoms with E-state index in [0.29, 0.717) is 27.1 Å². The third kappa shape index (κ3) is 3.15. The molecule has 8 heteroatoms.